The van der Waals surface area contributed by atoms with Gasteiger partial charge in [0.2, 0.25) is 0 Å². The van der Waals surface area contributed by atoms with Crippen LogP contribution in [-0.2, 0) is 19.1 Å². The van der Waals surface area contributed by atoms with Crippen molar-refractivity contribution in [1.29, 1.82) is 0 Å². The molecule has 0 amide bonds. The van der Waals surface area contributed by atoms with Gasteiger partial charge in [-0.2, -0.15) is 0 Å². The SMILES string of the molecule is CC.CCCC(=O)CCC(C(C)=O)C(C)CC.CCCOCCOCCNc1cccc(C(C)=O)c1C(C)=O. The minimum atomic E-state index is -0.123. The second-order valence-electron chi connectivity index (χ2n) is 9.42. The van der Waals surface area contributed by atoms with E-state index in [2.05, 4.69) is 26.1 Å². The summed E-state index contributed by atoms with van der Waals surface area (Å²) in [5.41, 5.74) is 1.57. The van der Waals surface area contributed by atoms with Crippen LogP contribution in [0.5, 0.6) is 0 Å². The average Bonchev–Trinajstić information content (AvgIpc) is 2.91. The lowest BCUT2D eigenvalue weighted by Crippen LogP contribution is -2.20. The molecule has 2 unspecified atom stereocenters. The van der Waals surface area contributed by atoms with Gasteiger partial charge >= 0.3 is 0 Å². The van der Waals surface area contributed by atoms with Crippen LogP contribution in [0.4, 0.5) is 5.69 Å². The van der Waals surface area contributed by atoms with Gasteiger partial charge in [-0.25, -0.2) is 0 Å². The summed E-state index contributed by atoms with van der Waals surface area (Å²) in [4.78, 5) is 46.2. The quantitative estimate of drug-likeness (QED) is 0.142. The smallest absolute Gasteiger partial charge is 0.162 e. The second kappa shape index (κ2) is 24.6. The molecule has 2 atom stereocenters. The van der Waals surface area contributed by atoms with Gasteiger partial charge in [0.1, 0.15) is 11.6 Å². The molecule has 7 nitrogen and oxygen atoms in total. The molecule has 0 saturated heterocycles. The zero-order valence-electron chi connectivity index (χ0n) is 26.1. The summed E-state index contributed by atoms with van der Waals surface area (Å²) in [6.45, 7) is 19.8. The Bertz CT molecular complexity index is 836. The molecular weight excluding hydrogens is 494 g/mol. The lowest BCUT2D eigenvalue weighted by Gasteiger charge is -2.19. The van der Waals surface area contributed by atoms with E-state index >= 15 is 0 Å². The van der Waals surface area contributed by atoms with Crippen molar-refractivity contribution in [3.8, 4) is 0 Å². The Kier molecular flexibility index (Phi) is 24.5. The molecule has 0 fully saturated rings. The summed E-state index contributed by atoms with van der Waals surface area (Å²) in [7, 11) is 0. The molecule has 0 radical (unpaired) electrons. The molecule has 1 aromatic rings. The molecule has 1 rings (SSSR count). The van der Waals surface area contributed by atoms with Crippen LogP contribution in [0.1, 0.15) is 122 Å². The van der Waals surface area contributed by atoms with Gasteiger partial charge < -0.3 is 14.8 Å². The van der Waals surface area contributed by atoms with Gasteiger partial charge in [0.05, 0.1) is 25.4 Å². The maximum absolute atomic E-state index is 11.8. The third kappa shape index (κ3) is 17.8. The van der Waals surface area contributed by atoms with E-state index < -0.39 is 0 Å². The maximum atomic E-state index is 11.8. The highest BCUT2D eigenvalue weighted by Crippen LogP contribution is 2.22. The molecular formula is C32H55NO6. The summed E-state index contributed by atoms with van der Waals surface area (Å²) >= 11 is 0. The number of nitrogens with one attached hydrogen (secondary N) is 1. The summed E-state index contributed by atoms with van der Waals surface area (Å²) < 4.78 is 10.8. The van der Waals surface area contributed by atoms with Gasteiger partial charge in [-0.3, -0.25) is 19.2 Å². The van der Waals surface area contributed by atoms with Gasteiger partial charge in [0.15, 0.2) is 11.6 Å². The zero-order chi connectivity index (χ0) is 30.2. The number of Topliss-reactive ketones (excluding diaryl/α,β-unsaturated/α-hetero) is 4. The highest BCUT2D eigenvalue weighted by atomic mass is 16.5. The molecule has 7 heteroatoms. The van der Waals surface area contributed by atoms with Crippen molar-refractivity contribution in [2.45, 2.75) is 101 Å². The number of rotatable bonds is 19. The minimum Gasteiger partial charge on any atom is -0.382 e. The first-order valence-corrected chi connectivity index (χ1v) is 14.7. The van der Waals surface area contributed by atoms with Crippen LogP contribution in [-0.4, -0.2) is 56.1 Å². The summed E-state index contributed by atoms with van der Waals surface area (Å²) in [6, 6.07) is 5.24. The topological polar surface area (TPSA) is 98.8 Å². The summed E-state index contributed by atoms with van der Waals surface area (Å²) in [6.07, 6.45) is 4.89. The van der Waals surface area contributed by atoms with Gasteiger partial charge in [-0.05, 0) is 52.0 Å². The predicted molar refractivity (Wildman–Crippen MR) is 161 cm³/mol. The third-order valence-electron chi connectivity index (χ3n) is 6.19. The normalized spacial score (nSPS) is 11.7. The van der Waals surface area contributed by atoms with E-state index in [0.717, 1.165) is 32.3 Å². The molecule has 0 saturated carbocycles. The highest BCUT2D eigenvalue weighted by Gasteiger charge is 2.21. The minimum absolute atomic E-state index is 0.0795. The molecule has 0 heterocycles. The zero-order valence-corrected chi connectivity index (χ0v) is 26.1. The van der Waals surface area contributed by atoms with Crippen LogP contribution >= 0.6 is 0 Å². The Morgan fingerprint density at radius 3 is 1.92 bits per heavy atom. The van der Waals surface area contributed by atoms with Crippen LogP contribution in [0.2, 0.25) is 0 Å². The van der Waals surface area contributed by atoms with Gasteiger partial charge in [0.25, 0.3) is 0 Å². The molecule has 224 valence electrons. The van der Waals surface area contributed by atoms with E-state index in [1.54, 1.807) is 25.1 Å². The molecule has 0 aliphatic heterocycles. The van der Waals surface area contributed by atoms with E-state index in [4.69, 9.17) is 9.47 Å². The number of carbonyl (C=O) groups excluding carboxylic acids is 4. The molecule has 0 aliphatic carbocycles. The lowest BCUT2D eigenvalue weighted by molar-refractivity contribution is -0.123. The van der Waals surface area contributed by atoms with Gasteiger partial charge in [0, 0.05) is 43.2 Å². The van der Waals surface area contributed by atoms with Crippen molar-refractivity contribution >= 4 is 28.8 Å². The molecule has 1 aromatic carbocycles. The fraction of sp³-hybridized carbons (Fsp3) is 0.688. The van der Waals surface area contributed by atoms with Crippen LogP contribution in [0.3, 0.4) is 0 Å². The van der Waals surface area contributed by atoms with E-state index in [1.807, 2.05) is 20.8 Å². The van der Waals surface area contributed by atoms with Gasteiger partial charge in [-0.1, -0.05) is 60.1 Å². The molecule has 0 aromatic heterocycles. The summed E-state index contributed by atoms with van der Waals surface area (Å²) in [5.74, 6) is 0.772. The van der Waals surface area contributed by atoms with E-state index in [0.29, 0.717) is 67.7 Å². The highest BCUT2D eigenvalue weighted by molar-refractivity contribution is 6.10. The van der Waals surface area contributed by atoms with Crippen LogP contribution in [0.25, 0.3) is 0 Å². The predicted octanol–water partition coefficient (Wildman–Crippen LogP) is 7.36. The first kappa shape index (κ1) is 38.8. The Morgan fingerprint density at radius 2 is 1.44 bits per heavy atom. The number of anilines is 1. The Labute approximate surface area is 237 Å². The second-order valence-corrected chi connectivity index (χ2v) is 9.42. The number of hydrogen-bond acceptors (Lipinski definition) is 7. The van der Waals surface area contributed by atoms with E-state index in [1.165, 1.54) is 13.8 Å². The molecule has 0 aliphatic rings. The largest absolute Gasteiger partial charge is 0.382 e. The van der Waals surface area contributed by atoms with Crippen molar-refractivity contribution in [2.24, 2.45) is 11.8 Å². The standard InChI is InChI=1S/C17H25NO4.C13H24O2.C2H6/c1-4-9-21-11-12-22-10-8-18-16-7-5-6-15(13(2)19)17(16)14(3)20;1-5-7-12(15)8-9-13(11(4)14)10(3)6-2;1-2/h5-7,18H,4,8-12H2,1-3H3;10,13H,5-9H2,1-4H3;1-2H3. The summed E-state index contributed by atoms with van der Waals surface area (Å²) in [5, 5.41) is 3.15. The average molecular weight is 550 g/mol. The molecule has 39 heavy (non-hydrogen) atoms. The Morgan fingerprint density at radius 1 is 0.821 bits per heavy atom. The fourth-order valence-corrected chi connectivity index (χ4v) is 3.99. The number of carbonyl (C=O) groups is 4. The van der Waals surface area contributed by atoms with E-state index in [9.17, 15) is 19.2 Å². The van der Waals surface area contributed by atoms with Crippen molar-refractivity contribution in [3.63, 3.8) is 0 Å². The Hall–Kier alpha value is -2.38. The van der Waals surface area contributed by atoms with Crippen molar-refractivity contribution in [3.05, 3.63) is 29.3 Å². The van der Waals surface area contributed by atoms with Crippen molar-refractivity contribution < 1.29 is 28.7 Å². The molecule has 0 bridgehead atoms. The van der Waals surface area contributed by atoms with Crippen LogP contribution < -0.4 is 5.32 Å². The van der Waals surface area contributed by atoms with E-state index in [-0.39, 0.29) is 23.3 Å². The van der Waals surface area contributed by atoms with Crippen LogP contribution in [0.15, 0.2) is 18.2 Å². The lowest BCUT2D eigenvalue weighted by atomic mass is 9.84. The number of ketones is 4. The first-order valence-electron chi connectivity index (χ1n) is 14.7. The van der Waals surface area contributed by atoms with Crippen LogP contribution in [0, 0.1) is 11.8 Å². The van der Waals surface area contributed by atoms with Gasteiger partial charge in [-0.15, -0.1) is 0 Å². The van der Waals surface area contributed by atoms with Crippen molar-refractivity contribution in [1.82, 2.24) is 0 Å². The maximum Gasteiger partial charge on any atom is 0.162 e. The first-order chi connectivity index (χ1) is 18.6. The van der Waals surface area contributed by atoms with Crippen molar-refractivity contribution in [2.75, 3.05) is 38.3 Å². The fourth-order valence-electron chi connectivity index (χ4n) is 3.99. The molecule has 1 N–H and O–H groups in total. The Balaban J connectivity index is 0. The third-order valence-corrected chi connectivity index (χ3v) is 6.19. The molecule has 0 spiro atoms. The number of benzene rings is 1. The number of hydrogen-bond donors (Lipinski definition) is 1. The monoisotopic (exact) mass is 549 g/mol. The number of ether oxygens (including phenoxy) is 2.